The molecule has 3 heteroatoms. The summed E-state index contributed by atoms with van der Waals surface area (Å²) in [6.45, 7) is 0. The van der Waals surface area contributed by atoms with Crippen molar-refractivity contribution in [2.45, 2.75) is 12.5 Å². The second kappa shape index (κ2) is 6.05. The van der Waals surface area contributed by atoms with Gasteiger partial charge in [-0.3, -0.25) is 4.79 Å². The zero-order chi connectivity index (χ0) is 13.7. The lowest BCUT2D eigenvalue weighted by Crippen LogP contribution is -2.26. The second-order valence-corrected chi connectivity index (χ2v) is 4.47. The van der Waals surface area contributed by atoms with E-state index in [1.807, 2.05) is 72.6 Å². The zero-order valence-electron chi connectivity index (χ0n) is 10.9. The van der Waals surface area contributed by atoms with Crippen molar-refractivity contribution in [3.8, 4) is 0 Å². The Hall–Kier alpha value is -2.29. The predicted octanol–water partition coefficient (Wildman–Crippen LogP) is 3.34. The SMILES string of the molecule is CN(c1ccccc1)C(CC(=O)O)c1ccccc1. The molecule has 0 amide bonds. The van der Waals surface area contributed by atoms with E-state index in [-0.39, 0.29) is 12.5 Å². The Bertz CT molecular complexity index is 525. The molecular formula is C16H17NO2. The van der Waals surface area contributed by atoms with Crippen molar-refractivity contribution >= 4 is 11.7 Å². The molecule has 1 atom stereocenters. The first-order valence-electron chi connectivity index (χ1n) is 6.23. The Morgan fingerprint density at radius 1 is 1.05 bits per heavy atom. The van der Waals surface area contributed by atoms with E-state index in [4.69, 9.17) is 5.11 Å². The van der Waals surface area contributed by atoms with Crippen molar-refractivity contribution in [3.05, 3.63) is 66.2 Å². The third-order valence-corrected chi connectivity index (χ3v) is 3.18. The number of para-hydroxylation sites is 1. The van der Waals surface area contributed by atoms with Crippen molar-refractivity contribution in [3.63, 3.8) is 0 Å². The van der Waals surface area contributed by atoms with Crippen LogP contribution in [0.3, 0.4) is 0 Å². The Labute approximate surface area is 113 Å². The molecule has 3 nitrogen and oxygen atoms in total. The largest absolute Gasteiger partial charge is 0.481 e. The molecular weight excluding hydrogens is 238 g/mol. The van der Waals surface area contributed by atoms with Gasteiger partial charge in [-0.2, -0.15) is 0 Å². The molecule has 0 aromatic heterocycles. The number of carboxylic acids is 1. The highest BCUT2D eigenvalue weighted by Gasteiger charge is 2.20. The van der Waals surface area contributed by atoms with Crippen LogP contribution in [-0.2, 0) is 4.79 Å². The number of anilines is 1. The average Bonchev–Trinajstić information content (AvgIpc) is 2.46. The molecule has 2 aromatic carbocycles. The van der Waals surface area contributed by atoms with Gasteiger partial charge in [-0.05, 0) is 17.7 Å². The molecule has 0 aliphatic carbocycles. The minimum atomic E-state index is -0.795. The van der Waals surface area contributed by atoms with Gasteiger partial charge in [0.05, 0.1) is 12.5 Å². The van der Waals surface area contributed by atoms with Crippen LogP contribution in [0.25, 0.3) is 0 Å². The number of rotatable bonds is 5. The molecule has 0 saturated carbocycles. The lowest BCUT2D eigenvalue weighted by molar-refractivity contribution is -0.137. The van der Waals surface area contributed by atoms with Gasteiger partial charge in [0.2, 0.25) is 0 Å². The fraction of sp³-hybridized carbons (Fsp3) is 0.188. The van der Waals surface area contributed by atoms with Crippen molar-refractivity contribution < 1.29 is 9.90 Å². The van der Waals surface area contributed by atoms with Crippen LogP contribution < -0.4 is 4.90 Å². The van der Waals surface area contributed by atoms with E-state index in [1.54, 1.807) is 0 Å². The molecule has 98 valence electrons. The highest BCUT2D eigenvalue weighted by atomic mass is 16.4. The quantitative estimate of drug-likeness (QED) is 0.890. The van der Waals surface area contributed by atoms with E-state index in [0.717, 1.165) is 11.3 Å². The van der Waals surface area contributed by atoms with Gasteiger partial charge in [0.15, 0.2) is 0 Å². The summed E-state index contributed by atoms with van der Waals surface area (Å²) >= 11 is 0. The van der Waals surface area contributed by atoms with Crippen LogP contribution in [0, 0.1) is 0 Å². The molecule has 0 saturated heterocycles. The second-order valence-electron chi connectivity index (χ2n) is 4.47. The fourth-order valence-electron chi connectivity index (χ4n) is 2.16. The smallest absolute Gasteiger partial charge is 0.305 e. The van der Waals surface area contributed by atoms with Crippen molar-refractivity contribution in [1.29, 1.82) is 0 Å². The standard InChI is InChI=1S/C16H17NO2/c1-17(14-10-6-3-7-11-14)15(12-16(18)19)13-8-4-2-5-9-13/h2-11,15H,12H2,1H3,(H,18,19). The first-order chi connectivity index (χ1) is 9.18. The van der Waals surface area contributed by atoms with Crippen LogP contribution in [0.15, 0.2) is 60.7 Å². The summed E-state index contributed by atoms with van der Waals surface area (Å²) in [5.74, 6) is -0.795. The third-order valence-electron chi connectivity index (χ3n) is 3.18. The molecule has 0 spiro atoms. The van der Waals surface area contributed by atoms with Crippen LogP contribution in [0.5, 0.6) is 0 Å². The Morgan fingerprint density at radius 3 is 2.11 bits per heavy atom. The van der Waals surface area contributed by atoms with Gasteiger partial charge < -0.3 is 10.0 Å². The molecule has 0 bridgehead atoms. The number of benzene rings is 2. The highest BCUT2D eigenvalue weighted by Crippen LogP contribution is 2.27. The molecule has 0 aliphatic rings. The maximum absolute atomic E-state index is 11.1. The molecule has 2 rings (SSSR count). The molecule has 0 fully saturated rings. The summed E-state index contributed by atoms with van der Waals surface area (Å²) in [4.78, 5) is 13.1. The lowest BCUT2D eigenvalue weighted by Gasteiger charge is -2.29. The summed E-state index contributed by atoms with van der Waals surface area (Å²) in [6.07, 6.45) is 0.0788. The van der Waals surface area contributed by atoms with Gasteiger partial charge >= 0.3 is 5.97 Å². The van der Waals surface area contributed by atoms with Crippen LogP contribution in [0.4, 0.5) is 5.69 Å². The molecule has 0 aliphatic heterocycles. The molecule has 0 radical (unpaired) electrons. The Balaban J connectivity index is 2.30. The number of hydrogen-bond acceptors (Lipinski definition) is 2. The molecule has 19 heavy (non-hydrogen) atoms. The maximum atomic E-state index is 11.1. The number of hydrogen-bond donors (Lipinski definition) is 1. The van der Waals surface area contributed by atoms with Gasteiger partial charge in [-0.25, -0.2) is 0 Å². The first kappa shape index (κ1) is 13.1. The average molecular weight is 255 g/mol. The summed E-state index contributed by atoms with van der Waals surface area (Å²) in [5.41, 5.74) is 2.02. The van der Waals surface area contributed by atoms with Crippen molar-refractivity contribution in [2.24, 2.45) is 0 Å². The zero-order valence-corrected chi connectivity index (χ0v) is 10.9. The van der Waals surface area contributed by atoms with Crippen LogP contribution in [0.1, 0.15) is 18.0 Å². The fourth-order valence-corrected chi connectivity index (χ4v) is 2.16. The van der Waals surface area contributed by atoms with E-state index >= 15 is 0 Å². The molecule has 0 heterocycles. The normalized spacial score (nSPS) is 11.8. The highest BCUT2D eigenvalue weighted by molar-refractivity contribution is 5.69. The van der Waals surface area contributed by atoms with Crippen LogP contribution >= 0.6 is 0 Å². The summed E-state index contributed by atoms with van der Waals surface area (Å²) < 4.78 is 0. The Kier molecular flexibility index (Phi) is 4.18. The van der Waals surface area contributed by atoms with E-state index in [9.17, 15) is 4.79 Å². The number of aliphatic carboxylic acids is 1. The predicted molar refractivity (Wildman–Crippen MR) is 76.3 cm³/mol. The number of nitrogens with zero attached hydrogens (tertiary/aromatic N) is 1. The van der Waals surface area contributed by atoms with Crippen LogP contribution in [0.2, 0.25) is 0 Å². The lowest BCUT2D eigenvalue weighted by atomic mass is 10.0. The summed E-state index contributed by atoms with van der Waals surface area (Å²) in [7, 11) is 1.93. The Morgan fingerprint density at radius 2 is 1.58 bits per heavy atom. The number of carboxylic acid groups (broad SMARTS) is 1. The number of carbonyl (C=O) groups is 1. The third kappa shape index (κ3) is 3.35. The van der Waals surface area contributed by atoms with Gasteiger partial charge in [0, 0.05) is 12.7 Å². The molecule has 1 unspecified atom stereocenters. The van der Waals surface area contributed by atoms with Gasteiger partial charge in [-0.15, -0.1) is 0 Å². The molecule has 2 aromatic rings. The monoisotopic (exact) mass is 255 g/mol. The van der Waals surface area contributed by atoms with Crippen molar-refractivity contribution in [1.82, 2.24) is 0 Å². The summed E-state index contributed by atoms with van der Waals surface area (Å²) in [5, 5.41) is 9.11. The van der Waals surface area contributed by atoms with Gasteiger partial charge in [0.25, 0.3) is 0 Å². The van der Waals surface area contributed by atoms with Gasteiger partial charge in [0.1, 0.15) is 0 Å². The molecule has 1 N–H and O–H groups in total. The van der Waals surface area contributed by atoms with Gasteiger partial charge in [-0.1, -0.05) is 48.5 Å². The topological polar surface area (TPSA) is 40.5 Å². The maximum Gasteiger partial charge on any atom is 0.305 e. The van der Waals surface area contributed by atoms with E-state index < -0.39 is 5.97 Å². The van der Waals surface area contributed by atoms with Crippen molar-refractivity contribution in [2.75, 3.05) is 11.9 Å². The minimum absolute atomic E-state index is 0.0788. The van der Waals surface area contributed by atoms with Crippen LogP contribution in [-0.4, -0.2) is 18.1 Å². The van der Waals surface area contributed by atoms with E-state index in [0.29, 0.717) is 0 Å². The van der Waals surface area contributed by atoms with E-state index in [2.05, 4.69) is 0 Å². The minimum Gasteiger partial charge on any atom is -0.481 e. The summed E-state index contributed by atoms with van der Waals surface area (Å²) in [6, 6.07) is 19.4. The first-order valence-corrected chi connectivity index (χ1v) is 6.23. The van der Waals surface area contributed by atoms with E-state index in [1.165, 1.54) is 0 Å².